The lowest BCUT2D eigenvalue weighted by Gasteiger charge is -2.04. The van der Waals surface area contributed by atoms with E-state index in [2.05, 4.69) is 15.5 Å². The lowest BCUT2D eigenvalue weighted by Crippen LogP contribution is -2.24. The predicted octanol–water partition coefficient (Wildman–Crippen LogP) is -1.59. The molecule has 0 unspecified atom stereocenters. The Morgan fingerprint density at radius 1 is 1.73 bits per heavy atom. The number of aryl methyl sites for hydroxylation is 1. The molecule has 0 radical (unpaired) electrons. The molecule has 0 spiro atoms. The maximum Gasteiger partial charge on any atom is 0.243 e. The standard InChI is InChI=1S/C8H15N5O2/c1-13-6-11-12-8(13)4-10-2-3-15-5-7(9)14/h6,10H,2-5H2,1H3,(H2,9,14). The van der Waals surface area contributed by atoms with Gasteiger partial charge in [-0.15, -0.1) is 10.2 Å². The van der Waals surface area contributed by atoms with Crippen LogP contribution in [-0.2, 0) is 23.1 Å². The highest BCUT2D eigenvalue weighted by Crippen LogP contribution is 1.89. The summed E-state index contributed by atoms with van der Waals surface area (Å²) in [6, 6.07) is 0. The van der Waals surface area contributed by atoms with Crippen molar-refractivity contribution >= 4 is 5.91 Å². The van der Waals surface area contributed by atoms with Crippen LogP contribution in [-0.4, -0.2) is 40.4 Å². The summed E-state index contributed by atoms with van der Waals surface area (Å²) in [7, 11) is 1.88. The fraction of sp³-hybridized carbons (Fsp3) is 0.625. The Bertz CT molecular complexity index is 312. The number of aromatic nitrogens is 3. The molecule has 0 atom stereocenters. The van der Waals surface area contributed by atoms with Gasteiger partial charge in [0.25, 0.3) is 0 Å². The van der Waals surface area contributed by atoms with Crippen LogP contribution in [0, 0.1) is 0 Å². The van der Waals surface area contributed by atoms with Crippen molar-refractivity contribution in [3.8, 4) is 0 Å². The molecule has 0 bridgehead atoms. The second-order valence-electron chi connectivity index (χ2n) is 3.05. The Kier molecular flexibility index (Phi) is 4.72. The van der Waals surface area contributed by atoms with E-state index in [1.807, 2.05) is 11.6 Å². The molecule has 3 N–H and O–H groups in total. The molecular formula is C8H15N5O2. The minimum absolute atomic E-state index is 0.0361. The second kappa shape index (κ2) is 6.10. The molecule has 0 aliphatic heterocycles. The van der Waals surface area contributed by atoms with Crippen LogP contribution in [0.5, 0.6) is 0 Å². The molecule has 1 rings (SSSR count). The summed E-state index contributed by atoms with van der Waals surface area (Å²) in [5.41, 5.74) is 4.90. The van der Waals surface area contributed by atoms with E-state index in [1.54, 1.807) is 6.33 Å². The molecule has 1 aromatic heterocycles. The monoisotopic (exact) mass is 213 g/mol. The van der Waals surface area contributed by atoms with Crippen LogP contribution in [0.1, 0.15) is 5.82 Å². The largest absolute Gasteiger partial charge is 0.370 e. The first-order valence-corrected chi connectivity index (χ1v) is 4.60. The van der Waals surface area contributed by atoms with E-state index in [1.165, 1.54) is 0 Å². The minimum Gasteiger partial charge on any atom is -0.370 e. The molecule has 1 amide bonds. The van der Waals surface area contributed by atoms with Crippen molar-refractivity contribution in [3.63, 3.8) is 0 Å². The molecular weight excluding hydrogens is 198 g/mol. The SMILES string of the molecule is Cn1cnnc1CNCCOCC(N)=O. The Balaban J connectivity index is 2.03. The van der Waals surface area contributed by atoms with Crippen molar-refractivity contribution in [2.24, 2.45) is 12.8 Å². The van der Waals surface area contributed by atoms with Crippen LogP contribution in [0.15, 0.2) is 6.33 Å². The first-order valence-electron chi connectivity index (χ1n) is 4.60. The Morgan fingerprint density at radius 2 is 2.53 bits per heavy atom. The van der Waals surface area contributed by atoms with Crippen molar-refractivity contribution in [2.45, 2.75) is 6.54 Å². The van der Waals surface area contributed by atoms with Crippen molar-refractivity contribution in [3.05, 3.63) is 12.2 Å². The molecule has 84 valence electrons. The molecule has 0 saturated carbocycles. The first kappa shape index (κ1) is 11.6. The van der Waals surface area contributed by atoms with Crippen molar-refractivity contribution in [2.75, 3.05) is 19.8 Å². The van der Waals surface area contributed by atoms with E-state index < -0.39 is 5.91 Å². The molecule has 1 aromatic rings. The fourth-order valence-corrected chi connectivity index (χ4v) is 0.984. The van der Waals surface area contributed by atoms with E-state index in [-0.39, 0.29) is 6.61 Å². The highest BCUT2D eigenvalue weighted by atomic mass is 16.5. The van der Waals surface area contributed by atoms with Gasteiger partial charge in [-0.1, -0.05) is 0 Å². The average molecular weight is 213 g/mol. The summed E-state index contributed by atoms with van der Waals surface area (Å²) in [5, 5.41) is 10.7. The summed E-state index contributed by atoms with van der Waals surface area (Å²) < 4.78 is 6.80. The molecule has 7 heteroatoms. The number of ether oxygens (including phenoxy) is 1. The Hall–Kier alpha value is -1.47. The third-order valence-electron chi connectivity index (χ3n) is 1.76. The number of carbonyl (C=O) groups excluding carboxylic acids is 1. The van der Waals surface area contributed by atoms with Gasteiger partial charge < -0.3 is 20.4 Å². The fourth-order valence-electron chi connectivity index (χ4n) is 0.984. The summed E-state index contributed by atoms with van der Waals surface area (Å²) >= 11 is 0. The molecule has 0 fully saturated rings. The molecule has 0 aliphatic carbocycles. The van der Waals surface area contributed by atoms with E-state index in [0.29, 0.717) is 19.7 Å². The zero-order chi connectivity index (χ0) is 11.1. The highest BCUT2D eigenvalue weighted by Gasteiger charge is 1.99. The van der Waals surface area contributed by atoms with Crippen molar-refractivity contribution < 1.29 is 9.53 Å². The Labute approximate surface area is 87.6 Å². The summed E-state index contributed by atoms with van der Waals surface area (Å²) in [6.07, 6.45) is 1.64. The lowest BCUT2D eigenvalue weighted by molar-refractivity contribution is -0.122. The van der Waals surface area contributed by atoms with Gasteiger partial charge in [-0.05, 0) is 0 Å². The van der Waals surface area contributed by atoms with E-state index >= 15 is 0 Å². The first-order chi connectivity index (χ1) is 7.20. The number of nitrogens with one attached hydrogen (secondary N) is 1. The van der Waals surface area contributed by atoms with Gasteiger partial charge in [0.05, 0.1) is 13.2 Å². The smallest absolute Gasteiger partial charge is 0.243 e. The topological polar surface area (TPSA) is 95.1 Å². The number of hydrogen-bond acceptors (Lipinski definition) is 5. The third-order valence-corrected chi connectivity index (χ3v) is 1.76. The Morgan fingerprint density at radius 3 is 3.13 bits per heavy atom. The zero-order valence-corrected chi connectivity index (χ0v) is 8.64. The number of rotatable bonds is 7. The number of amides is 1. The number of nitrogens with two attached hydrogens (primary N) is 1. The normalized spacial score (nSPS) is 10.5. The molecule has 7 nitrogen and oxygen atoms in total. The summed E-state index contributed by atoms with van der Waals surface area (Å²) in [5.74, 6) is 0.396. The zero-order valence-electron chi connectivity index (χ0n) is 8.64. The van der Waals surface area contributed by atoms with E-state index in [9.17, 15) is 4.79 Å². The maximum absolute atomic E-state index is 10.3. The van der Waals surface area contributed by atoms with Crippen LogP contribution in [0.25, 0.3) is 0 Å². The lowest BCUT2D eigenvalue weighted by atomic mass is 10.5. The summed E-state index contributed by atoms with van der Waals surface area (Å²) in [4.78, 5) is 10.3. The molecule has 0 aromatic carbocycles. The predicted molar refractivity (Wildman–Crippen MR) is 52.7 cm³/mol. The van der Waals surface area contributed by atoms with Crippen molar-refractivity contribution in [1.29, 1.82) is 0 Å². The van der Waals surface area contributed by atoms with Crippen LogP contribution < -0.4 is 11.1 Å². The average Bonchev–Trinajstić information content (AvgIpc) is 2.57. The summed E-state index contributed by atoms with van der Waals surface area (Å²) in [6.45, 7) is 1.67. The molecule has 1 heterocycles. The second-order valence-corrected chi connectivity index (χ2v) is 3.05. The quantitative estimate of drug-likeness (QED) is 0.532. The van der Waals surface area contributed by atoms with Crippen LogP contribution >= 0.6 is 0 Å². The highest BCUT2D eigenvalue weighted by molar-refractivity contribution is 5.74. The van der Waals surface area contributed by atoms with E-state index in [4.69, 9.17) is 10.5 Å². The maximum atomic E-state index is 10.3. The number of primary amides is 1. The van der Waals surface area contributed by atoms with Crippen LogP contribution in [0.4, 0.5) is 0 Å². The molecule has 15 heavy (non-hydrogen) atoms. The van der Waals surface area contributed by atoms with Gasteiger partial charge in [0.1, 0.15) is 18.8 Å². The molecule has 0 aliphatic rings. The number of carbonyl (C=O) groups is 1. The van der Waals surface area contributed by atoms with Gasteiger partial charge in [0.15, 0.2) is 0 Å². The van der Waals surface area contributed by atoms with Gasteiger partial charge in [-0.25, -0.2) is 0 Å². The number of hydrogen-bond donors (Lipinski definition) is 2. The van der Waals surface area contributed by atoms with Gasteiger partial charge in [-0.2, -0.15) is 0 Å². The third kappa shape index (κ3) is 4.52. The minimum atomic E-state index is -0.455. The van der Waals surface area contributed by atoms with Crippen LogP contribution in [0.2, 0.25) is 0 Å². The van der Waals surface area contributed by atoms with Gasteiger partial charge in [0.2, 0.25) is 5.91 Å². The van der Waals surface area contributed by atoms with E-state index in [0.717, 1.165) is 5.82 Å². The van der Waals surface area contributed by atoms with Gasteiger partial charge >= 0.3 is 0 Å². The van der Waals surface area contributed by atoms with Gasteiger partial charge in [0, 0.05) is 13.6 Å². The van der Waals surface area contributed by atoms with Crippen LogP contribution in [0.3, 0.4) is 0 Å². The van der Waals surface area contributed by atoms with Crippen molar-refractivity contribution in [1.82, 2.24) is 20.1 Å². The number of nitrogens with zero attached hydrogens (tertiary/aromatic N) is 3. The molecule has 0 saturated heterocycles. The van der Waals surface area contributed by atoms with Gasteiger partial charge in [-0.3, -0.25) is 4.79 Å².